The average molecular weight is 361 g/mol. The highest BCUT2D eigenvalue weighted by Gasteiger charge is 2.27. The van der Waals surface area contributed by atoms with Crippen LogP contribution in [0.15, 0.2) is 4.99 Å². The fourth-order valence-electron chi connectivity index (χ4n) is 4.28. The van der Waals surface area contributed by atoms with Crippen molar-refractivity contribution in [3.05, 3.63) is 11.6 Å². The molecule has 146 valence electrons. The molecule has 1 atom stereocenters. The molecule has 1 aromatic rings. The first-order valence-electron chi connectivity index (χ1n) is 10.4. The third kappa shape index (κ3) is 4.98. The van der Waals surface area contributed by atoms with Gasteiger partial charge >= 0.3 is 0 Å². The van der Waals surface area contributed by atoms with Crippen molar-refractivity contribution >= 4 is 5.96 Å². The van der Waals surface area contributed by atoms with Crippen LogP contribution in [-0.2, 0) is 13.6 Å². The van der Waals surface area contributed by atoms with Gasteiger partial charge in [0.15, 0.2) is 11.8 Å². The van der Waals surface area contributed by atoms with Gasteiger partial charge < -0.3 is 14.8 Å². The summed E-state index contributed by atoms with van der Waals surface area (Å²) >= 11 is 0. The minimum Gasteiger partial charge on any atom is -0.353 e. The number of nitrogens with one attached hydrogen (secondary N) is 1. The lowest BCUT2D eigenvalue weighted by atomic mass is 9.95. The number of rotatable bonds is 5. The molecule has 26 heavy (non-hydrogen) atoms. The van der Waals surface area contributed by atoms with E-state index in [2.05, 4.69) is 34.3 Å². The summed E-state index contributed by atoms with van der Waals surface area (Å²) in [4.78, 5) is 7.44. The minimum atomic E-state index is 0.577. The van der Waals surface area contributed by atoms with E-state index < -0.39 is 0 Å². The first-order chi connectivity index (χ1) is 12.5. The van der Waals surface area contributed by atoms with Gasteiger partial charge in [-0.25, -0.2) is 4.99 Å². The Labute approximate surface area is 158 Å². The number of hydrogen-bond acceptors (Lipinski definition) is 3. The molecular weight excluding hydrogens is 324 g/mol. The van der Waals surface area contributed by atoms with E-state index in [1.807, 2.05) is 18.5 Å². The monoisotopic (exact) mass is 360 g/mol. The van der Waals surface area contributed by atoms with E-state index in [0.717, 1.165) is 42.5 Å². The zero-order valence-electron chi connectivity index (χ0n) is 17.0. The molecule has 3 rings (SSSR count). The molecule has 1 unspecified atom stereocenters. The van der Waals surface area contributed by atoms with Crippen molar-refractivity contribution in [3.8, 4) is 0 Å². The molecule has 0 spiro atoms. The van der Waals surface area contributed by atoms with Crippen molar-refractivity contribution in [2.75, 3.05) is 13.1 Å². The highest BCUT2D eigenvalue weighted by atomic mass is 15.3. The number of guanidine groups is 1. The molecule has 1 N–H and O–H groups in total. The summed E-state index contributed by atoms with van der Waals surface area (Å²) in [6, 6.07) is 0.577. The van der Waals surface area contributed by atoms with Crippen LogP contribution in [-0.4, -0.2) is 44.8 Å². The summed E-state index contributed by atoms with van der Waals surface area (Å²) in [6.07, 6.45) is 9.19. The van der Waals surface area contributed by atoms with Gasteiger partial charge in [-0.3, -0.25) is 0 Å². The van der Waals surface area contributed by atoms with Crippen molar-refractivity contribution < 1.29 is 0 Å². The second-order valence-electron chi connectivity index (χ2n) is 8.57. The molecular formula is C20H36N6. The molecule has 1 aliphatic carbocycles. The normalized spacial score (nSPS) is 22.4. The molecule has 1 saturated carbocycles. The fourth-order valence-corrected chi connectivity index (χ4v) is 4.28. The maximum absolute atomic E-state index is 4.97. The highest BCUT2D eigenvalue weighted by Crippen LogP contribution is 2.24. The van der Waals surface area contributed by atoms with Crippen LogP contribution in [0, 0.1) is 18.8 Å². The lowest BCUT2D eigenvalue weighted by molar-refractivity contribution is 0.374. The Morgan fingerprint density at radius 3 is 2.62 bits per heavy atom. The van der Waals surface area contributed by atoms with E-state index in [9.17, 15) is 0 Å². The van der Waals surface area contributed by atoms with Crippen LogP contribution in [0.1, 0.15) is 70.4 Å². The number of aryl methyl sites for hydroxylation is 1. The Morgan fingerprint density at radius 2 is 1.96 bits per heavy atom. The predicted octanol–water partition coefficient (Wildman–Crippen LogP) is 3.27. The molecule has 6 heteroatoms. The number of nitrogens with zero attached hydrogens (tertiary/aromatic N) is 5. The Kier molecular flexibility index (Phi) is 6.54. The van der Waals surface area contributed by atoms with E-state index in [1.165, 1.54) is 44.9 Å². The van der Waals surface area contributed by atoms with E-state index >= 15 is 0 Å². The van der Waals surface area contributed by atoms with Crippen molar-refractivity contribution in [2.45, 2.75) is 78.3 Å². The molecule has 0 bridgehead atoms. The Bertz CT molecular complexity index is 599. The van der Waals surface area contributed by atoms with Crippen LogP contribution in [0.4, 0.5) is 0 Å². The van der Waals surface area contributed by atoms with E-state index in [4.69, 9.17) is 4.99 Å². The first-order valence-corrected chi connectivity index (χ1v) is 10.4. The van der Waals surface area contributed by atoms with Gasteiger partial charge in [-0.2, -0.15) is 0 Å². The number of hydrogen-bond donors (Lipinski definition) is 1. The molecule has 1 aromatic heterocycles. The van der Waals surface area contributed by atoms with Gasteiger partial charge in [0, 0.05) is 26.2 Å². The second-order valence-corrected chi connectivity index (χ2v) is 8.57. The maximum Gasteiger partial charge on any atom is 0.194 e. The number of likely N-dealkylation sites (tertiary alicyclic amines) is 1. The summed E-state index contributed by atoms with van der Waals surface area (Å²) in [5.74, 6) is 4.53. The fraction of sp³-hybridized carbons (Fsp3) is 0.850. The molecule has 2 aliphatic rings. The minimum absolute atomic E-state index is 0.577. The van der Waals surface area contributed by atoms with Crippen LogP contribution < -0.4 is 5.32 Å². The topological polar surface area (TPSA) is 58.3 Å². The van der Waals surface area contributed by atoms with Crippen molar-refractivity contribution in [1.82, 2.24) is 25.0 Å². The van der Waals surface area contributed by atoms with Gasteiger partial charge in [0.1, 0.15) is 12.4 Å². The molecule has 6 nitrogen and oxygen atoms in total. The zero-order valence-corrected chi connectivity index (χ0v) is 17.0. The van der Waals surface area contributed by atoms with Gasteiger partial charge in [-0.05, 0) is 44.4 Å². The van der Waals surface area contributed by atoms with Crippen molar-refractivity contribution in [2.24, 2.45) is 23.9 Å². The Morgan fingerprint density at radius 1 is 1.19 bits per heavy atom. The lowest BCUT2D eigenvalue weighted by Crippen LogP contribution is -2.46. The van der Waals surface area contributed by atoms with Crippen LogP contribution in [0.25, 0.3) is 0 Å². The van der Waals surface area contributed by atoms with Gasteiger partial charge in [0.25, 0.3) is 0 Å². The quantitative estimate of drug-likeness (QED) is 0.647. The Hall–Kier alpha value is -1.59. The van der Waals surface area contributed by atoms with E-state index in [-0.39, 0.29) is 0 Å². The summed E-state index contributed by atoms with van der Waals surface area (Å²) in [5, 5.41) is 12.2. The first kappa shape index (κ1) is 19.2. The maximum atomic E-state index is 4.97. The largest absolute Gasteiger partial charge is 0.353 e. The smallest absolute Gasteiger partial charge is 0.194 e. The molecule has 1 saturated heterocycles. The molecule has 2 fully saturated rings. The molecule has 1 aliphatic heterocycles. The molecule has 0 aromatic carbocycles. The van der Waals surface area contributed by atoms with Gasteiger partial charge in [0.05, 0.1) is 0 Å². The van der Waals surface area contributed by atoms with Gasteiger partial charge in [0.2, 0.25) is 0 Å². The second kappa shape index (κ2) is 8.87. The third-order valence-corrected chi connectivity index (χ3v) is 5.88. The third-order valence-electron chi connectivity index (χ3n) is 5.88. The SMILES string of the molecule is Cc1nnc(CN=C(NC2CCCCC2)N2CCC(CC(C)C)C2)n1C. The van der Waals surface area contributed by atoms with Crippen LogP contribution in [0.2, 0.25) is 0 Å². The number of aromatic nitrogens is 3. The lowest BCUT2D eigenvalue weighted by Gasteiger charge is -2.29. The summed E-state index contributed by atoms with van der Waals surface area (Å²) in [7, 11) is 2.02. The van der Waals surface area contributed by atoms with E-state index in [1.54, 1.807) is 0 Å². The Balaban J connectivity index is 1.68. The molecule has 0 radical (unpaired) electrons. The summed E-state index contributed by atoms with van der Waals surface area (Å²) in [6.45, 7) is 9.49. The van der Waals surface area contributed by atoms with Gasteiger partial charge in [-0.15, -0.1) is 10.2 Å². The summed E-state index contributed by atoms with van der Waals surface area (Å²) in [5.41, 5.74) is 0. The van der Waals surface area contributed by atoms with Crippen molar-refractivity contribution in [1.29, 1.82) is 0 Å². The highest BCUT2D eigenvalue weighted by molar-refractivity contribution is 5.80. The van der Waals surface area contributed by atoms with Crippen LogP contribution in [0.3, 0.4) is 0 Å². The van der Waals surface area contributed by atoms with Crippen molar-refractivity contribution in [3.63, 3.8) is 0 Å². The predicted molar refractivity (Wildman–Crippen MR) is 106 cm³/mol. The molecule has 0 amide bonds. The zero-order chi connectivity index (χ0) is 18.5. The number of aliphatic imine (C=N–C) groups is 1. The average Bonchev–Trinajstić information content (AvgIpc) is 3.20. The standard InChI is InChI=1S/C20H36N6/c1-15(2)12-17-10-11-26(14-17)20(22-18-8-6-5-7-9-18)21-13-19-24-23-16(3)25(19)4/h15,17-18H,5-14H2,1-4H3,(H,21,22). The van der Waals surface area contributed by atoms with Crippen LogP contribution in [0.5, 0.6) is 0 Å². The van der Waals surface area contributed by atoms with E-state index in [0.29, 0.717) is 12.6 Å². The molecule has 2 heterocycles. The van der Waals surface area contributed by atoms with Crippen LogP contribution >= 0.6 is 0 Å². The van der Waals surface area contributed by atoms with Gasteiger partial charge in [-0.1, -0.05) is 33.1 Å². The summed E-state index contributed by atoms with van der Waals surface area (Å²) < 4.78 is 2.03.